The van der Waals surface area contributed by atoms with E-state index in [2.05, 4.69) is 15.6 Å². The molecule has 1 atom stereocenters. The molecule has 0 unspecified atom stereocenters. The zero-order chi connectivity index (χ0) is 18.4. The van der Waals surface area contributed by atoms with Gasteiger partial charge in [0.15, 0.2) is 17.5 Å². The third-order valence-electron chi connectivity index (χ3n) is 3.39. The first-order chi connectivity index (χ1) is 11.9. The number of nitrogens with one attached hydrogen (secondary N) is 2. The fraction of sp³-hybridized carbons (Fsp3) is 0.294. The van der Waals surface area contributed by atoms with E-state index in [0.717, 1.165) is 11.6 Å². The molecule has 5 nitrogen and oxygen atoms in total. The highest BCUT2D eigenvalue weighted by atomic mass is 19.3. The van der Waals surface area contributed by atoms with E-state index in [0.29, 0.717) is 5.69 Å². The topological polar surface area (TPSA) is 86.8 Å². The Morgan fingerprint density at radius 1 is 1.28 bits per heavy atom. The molecule has 2 rings (SSSR count). The summed E-state index contributed by atoms with van der Waals surface area (Å²) in [4.78, 5) is 4.06. The Morgan fingerprint density at radius 3 is 2.68 bits per heavy atom. The average molecular weight is 349 g/mol. The van der Waals surface area contributed by atoms with Gasteiger partial charge in [0, 0.05) is 24.7 Å². The Bertz CT molecular complexity index is 773. The molecule has 0 bridgehead atoms. The van der Waals surface area contributed by atoms with Crippen LogP contribution in [0.15, 0.2) is 30.3 Å². The van der Waals surface area contributed by atoms with Gasteiger partial charge in [-0.05, 0) is 30.7 Å². The number of nitrogens with two attached hydrogens (primary N) is 1. The monoisotopic (exact) mass is 349 g/mol. The highest BCUT2D eigenvalue weighted by molar-refractivity contribution is 5.65. The Kier molecular flexibility index (Phi) is 6.19. The summed E-state index contributed by atoms with van der Waals surface area (Å²) in [6.07, 6.45) is -3.03. The molecule has 8 heteroatoms. The molecule has 2 aromatic rings. The number of hydrogen-bond donors (Lipinski definition) is 3. The van der Waals surface area contributed by atoms with Crippen molar-refractivity contribution in [2.24, 2.45) is 5.73 Å². The summed E-state index contributed by atoms with van der Waals surface area (Å²) in [5, 5.41) is 14.7. The number of pyridine rings is 1. The molecular weight excluding hydrogens is 331 g/mol. The van der Waals surface area contributed by atoms with Crippen LogP contribution in [-0.2, 0) is 0 Å². The van der Waals surface area contributed by atoms with Crippen molar-refractivity contribution in [3.05, 3.63) is 47.3 Å². The van der Waals surface area contributed by atoms with Gasteiger partial charge in [-0.1, -0.05) is 12.1 Å². The zero-order valence-corrected chi connectivity index (χ0v) is 13.6. The van der Waals surface area contributed by atoms with E-state index >= 15 is 0 Å². The van der Waals surface area contributed by atoms with Crippen molar-refractivity contribution in [2.45, 2.75) is 25.8 Å². The van der Waals surface area contributed by atoms with Crippen LogP contribution in [0.2, 0.25) is 0 Å². The summed E-state index contributed by atoms with van der Waals surface area (Å²) in [6.45, 7) is 1.84. The lowest BCUT2D eigenvalue weighted by molar-refractivity contribution is 0.130. The Labute approximate surface area is 143 Å². The van der Waals surface area contributed by atoms with E-state index in [1.807, 2.05) is 31.2 Å². The van der Waals surface area contributed by atoms with Crippen LogP contribution < -0.4 is 16.4 Å². The van der Waals surface area contributed by atoms with Gasteiger partial charge in [0.1, 0.15) is 6.07 Å². The van der Waals surface area contributed by atoms with Gasteiger partial charge in [0.25, 0.3) is 0 Å². The van der Waals surface area contributed by atoms with Crippen LogP contribution >= 0.6 is 0 Å². The van der Waals surface area contributed by atoms with Crippen molar-refractivity contribution in [3.63, 3.8) is 0 Å². The van der Waals surface area contributed by atoms with Crippen LogP contribution in [0.25, 0.3) is 0 Å². The molecule has 1 aromatic heterocycles. The summed E-state index contributed by atoms with van der Waals surface area (Å²) in [5.74, 6) is -0.742. The van der Waals surface area contributed by atoms with Gasteiger partial charge in [-0.3, -0.25) is 0 Å². The molecule has 132 valence electrons. The fourth-order valence-electron chi connectivity index (χ4n) is 2.19. The van der Waals surface area contributed by atoms with E-state index in [1.165, 1.54) is 0 Å². The van der Waals surface area contributed by atoms with Crippen LogP contribution in [-0.4, -0.2) is 24.0 Å². The SMILES string of the molecule is Cc1cccc(Nc2nc(NC[C@@H](N)CC(F)F)c(F)cc2C#N)c1. The summed E-state index contributed by atoms with van der Waals surface area (Å²) in [7, 11) is 0. The first-order valence-electron chi connectivity index (χ1n) is 7.61. The molecule has 4 N–H and O–H groups in total. The number of aryl methyl sites for hydroxylation is 1. The van der Waals surface area contributed by atoms with E-state index < -0.39 is 24.7 Å². The van der Waals surface area contributed by atoms with E-state index in [4.69, 9.17) is 11.0 Å². The number of benzene rings is 1. The number of alkyl halides is 2. The average Bonchev–Trinajstić information content (AvgIpc) is 2.54. The largest absolute Gasteiger partial charge is 0.366 e. The predicted molar refractivity (Wildman–Crippen MR) is 90.5 cm³/mol. The molecule has 25 heavy (non-hydrogen) atoms. The maximum atomic E-state index is 14.0. The second kappa shape index (κ2) is 8.35. The van der Waals surface area contributed by atoms with E-state index in [-0.39, 0.29) is 23.7 Å². The molecular formula is C17H18F3N5. The normalized spacial score (nSPS) is 11.9. The molecule has 1 aromatic carbocycles. The maximum absolute atomic E-state index is 14.0. The first-order valence-corrected chi connectivity index (χ1v) is 7.61. The third-order valence-corrected chi connectivity index (χ3v) is 3.39. The maximum Gasteiger partial charge on any atom is 0.240 e. The lowest BCUT2D eigenvalue weighted by atomic mass is 10.2. The Morgan fingerprint density at radius 2 is 2.04 bits per heavy atom. The number of hydrogen-bond acceptors (Lipinski definition) is 5. The predicted octanol–water partition coefficient (Wildman–Crippen LogP) is 3.54. The highest BCUT2D eigenvalue weighted by Gasteiger charge is 2.15. The van der Waals surface area contributed by atoms with E-state index in [9.17, 15) is 13.2 Å². The second-order valence-corrected chi connectivity index (χ2v) is 5.59. The summed E-state index contributed by atoms with van der Waals surface area (Å²) >= 11 is 0. The first kappa shape index (κ1) is 18.5. The highest BCUT2D eigenvalue weighted by Crippen LogP contribution is 2.24. The summed E-state index contributed by atoms with van der Waals surface area (Å²) < 4.78 is 38.6. The van der Waals surface area contributed by atoms with Crippen LogP contribution in [0.3, 0.4) is 0 Å². The summed E-state index contributed by atoms with van der Waals surface area (Å²) in [6, 6.07) is 9.43. The molecule has 0 fully saturated rings. The quantitative estimate of drug-likeness (QED) is 0.712. The lowest BCUT2D eigenvalue weighted by Gasteiger charge is -2.15. The second-order valence-electron chi connectivity index (χ2n) is 5.59. The van der Waals surface area contributed by atoms with Crippen LogP contribution in [0.1, 0.15) is 17.5 Å². The van der Waals surface area contributed by atoms with Gasteiger partial charge in [0.05, 0.1) is 5.56 Å². The third kappa shape index (κ3) is 5.36. The van der Waals surface area contributed by atoms with Gasteiger partial charge < -0.3 is 16.4 Å². The minimum absolute atomic E-state index is 0.0291. The van der Waals surface area contributed by atoms with Gasteiger partial charge in [-0.15, -0.1) is 0 Å². The molecule has 0 aliphatic carbocycles. The van der Waals surface area contributed by atoms with Crippen molar-refractivity contribution < 1.29 is 13.2 Å². The van der Waals surface area contributed by atoms with Crippen LogP contribution in [0.4, 0.5) is 30.5 Å². The number of anilines is 3. The number of nitrogens with zero attached hydrogens (tertiary/aromatic N) is 2. The van der Waals surface area contributed by atoms with Crippen molar-refractivity contribution in [2.75, 3.05) is 17.2 Å². The van der Waals surface area contributed by atoms with Crippen molar-refractivity contribution in [3.8, 4) is 6.07 Å². The minimum atomic E-state index is -2.53. The molecule has 0 radical (unpaired) electrons. The Balaban J connectivity index is 2.20. The number of halogens is 3. The van der Waals surface area contributed by atoms with Gasteiger partial charge in [0.2, 0.25) is 6.43 Å². The van der Waals surface area contributed by atoms with Crippen molar-refractivity contribution >= 4 is 17.3 Å². The number of aromatic nitrogens is 1. The Hall–Kier alpha value is -2.79. The van der Waals surface area contributed by atoms with Gasteiger partial charge in [-0.2, -0.15) is 5.26 Å². The molecule has 0 amide bonds. The molecule has 0 saturated heterocycles. The van der Waals surface area contributed by atoms with Crippen LogP contribution in [0, 0.1) is 24.1 Å². The molecule has 0 aliphatic rings. The molecule has 0 spiro atoms. The zero-order valence-electron chi connectivity index (χ0n) is 13.6. The molecule has 0 saturated carbocycles. The van der Waals surface area contributed by atoms with Crippen LogP contribution in [0.5, 0.6) is 0 Å². The fourth-order valence-corrected chi connectivity index (χ4v) is 2.19. The van der Waals surface area contributed by atoms with Crippen molar-refractivity contribution in [1.82, 2.24) is 4.98 Å². The standard InChI is InChI=1S/C17H18F3N5/c1-10-3-2-4-13(5-10)24-16-11(8-21)6-14(18)17(25-16)23-9-12(22)7-15(19)20/h2-6,12,15H,7,9,22H2,1H3,(H2,23,24,25)/t12-/m0/s1. The molecule has 1 heterocycles. The smallest absolute Gasteiger partial charge is 0.240 e. The van der Waals surface area contributed by atoms with E-state index in [1.54, 1.807) is 6.07 Å². The van der Waals surface area contributed by atoms with Gasteiger partial charge >= 0.3 is 0 Å². The van der Waals surface area contributed by atoms with Gasteiger partial charge in [-0.25, -0.2) is 18.2 Å². The summed E-state index contributed by atoms with van der Waals surface area (Å²) in [5.41, 5.74) is 7.27. The number of rotatable bonds is 7. The lowest BCUT2D eigenvalue weighted by Crippen LogP contribution is -2.31. The minimum Gasteiger partial charge on any atom is -0.366 e. The van der Waals surface area contributed by atoms with Crippen molar-refractivity contribution in [1.29, 1.82) is 5.26 Å². The number of nitriles is 1. The molecule has 0 aliphatic heterocycles.